The number of fused-ring (bicyclic) bond motifs is 1. The van der Waals surface area contributed by atoms with Gasteiger partial charge in [-0.2, -0.15) is 4.98 Å². The average Bonchev–Trinajstić information content (AvgIpc) is 3.03. The van der Waals surface area contributed by atoms with Crippen LogP contribution in [0.5, 0.6) is 0 Å². The fourth-order valence-electron chi connectivity index (χ4n) is 3.11. The second kappa shape index (κ2) is 5.97. The van der Waals surface area contributed by atoms with Crippen molar-refractivity contribution in [3.05, 3.63) is 69.1 Å². The molecule has 1 aliphatic carbocycles. The third-order valence-corrected chi connectivity index (χ3v) is 4.61. The molecule has 0 saturated carbocycles. The predicted molar refractivity (Wildman–Crippen MR) is 94.5 cm³/mol. The highest BCUT2D eigenvalue weighted by Crippen LogP contribution is 2.32. The van der Waals surface area contributed by atoms with Crippen LogP contribution >= 0.6 is 11.6 Å². The van der Waals surface area contributed by atoms with E-state index in [1.54, 1.807) is 12.1 Å². The molecule has 25 heavy (non-hydrogen) atoms. The summed E-state index contributed by atoms with van der Waals surface area (Å²) in [5.74, 6) is -0.361. The number of aryl methyl sites for hydroxylation is 1. The SMILES string of the molecule is Nc1ccn(-c2cc(F)cc(-c3cc(Cl)c4c(n3)CCC4)c2)c(=O)n1. The van der Waals surface area contributed by atoms with Gasteiger partial charge in [0.15, 0.2) is 0 Å². The van der Waals surface area contributed by atoms with Crippen molar-refractivity contribution in [2.24, 2.45) is 0 Å². The predicted octanol–water partition coefficient (Wildman–Crippen LogP) is 3.16. The van der Waals surface area contributed by atoms with Crippen molar-refractivity contribution >= 4 is 17.4 Å². The molecule has 0 saturated heterocycles. The molecular weight excluding hydrogens is 343 g/mol. The maximum atomic E-state index is 14.2. The van der Waals surface area contributed by atoms with E-state index in [4.69, 9.17) is 17.3 Å². The smallest absolute Gasteiger partial charge is 0.354 e. The molecule has 1 aromatic carbocycles. The standard InChI is InChI=1S/C18H14ClFN4O/c19-14-9-16(22-15-3-1-2-13(14)15)10-6-11(20)8-12(7-10)24-5-4-17(21)23-18(24)25/h4-9H,1-3H2,(H2,21,23,25). The van der Waals surface area contributed by atoms with Crippen LogP contribution in [-0.4, -0.2) is 14.5 Å². The summed E-state index contributed by atoms with van der Waals surface area (Å²) in [5, 5.41) is 0.648. The molecule has 2 heterocycles. The van der Waals surface area contributed by atoms with E-state index in [0.717, 1.165) is 30.5 Å². The zero-order valence-corrected chi connectivity index (χ0v) is 13.9. The molecule has 0 aliphatic heterocycles. The van der Waals surface area contributed by atoms with Crippen molar-refractivity contribution in [1.29, 1.82) is 0 Å². The van der Waals surface area contributed by atoms with E-state index in [0.29, 0.717) is 22.0 Å². The topological polar surface area (TPSA) is 73.8 Å². The minimum absolute atomic E-state index is 0.116. The Hall–Kier alpha value is -2.73. The first-order chi connectivity index (χ1) is 12.0. The Bertz CT molecular complexity index is 1050. The van der Waals surface area contributed by atoms with E-state index in [1.807, 2.05) is 0 Å². The molecule has 4 rings (SSSR count). The average molecular weight is 357 g/mol. The van der Waals surface area contributed by atoms with Crippen LogP contribution < -0.4 is 11.4 Å². The molecule has 7 heteroatoms. The van der Waals surface area contributed by atoms with Crippen molar-refractivity contribution < 1.29 is 4.39 Å². The Morgan fingerprint density at radius 3 is 2.80 bits per heavy atom. The molecule has 0 spiro atoms. The second-order valence-corrected chi connectivity index (χ2v) is 6.38. The van der Waals surface area contributed by atoms with Crippen molar-refractivity contribution in [3.8, 4) is 16.9 Å². The molecule has 5 nitrogen and oxygen atoms in total. The first-order valence-corrected chi connectivity index (χ1v) is 8.24. The summed E-state index contributed by atoms with van der Waals surface area (Å²) in [6, 6.07) is 7.55. The zero-order chi connectivity index (χ0) is 17.6. The van der Waals surface area contributed by atoms with Gasteiger partial charge in [-0.3, -0.25) is 9.55 Å². The highest BCUT2D eigenvalue weighted by atomic mass is 35.5. The quantitative estimate of drug-likeness (QED) is 0.765. The Labute approximate surface area is 147 Å². The van der Waals surface area contributed by atoms with Gasteiger partial charge in [0.1, 0.15) is 11.6 Å². The lowest BCUT2D eigenvalue weighted by molar-refractivity contribution is 0.626. The van der Waals surface area contributed by atoms with E-state index in [9.17, 15) is 9.18 Å². The van der Waals surface area contributed by atoms with Gasteiger partial charge in [-0.05, 0) is 55.2 Å². The van der Waals surface area contributed by atoms with Crippen molar-refractivity contribution in [2.75, 3.05) is 5.73 Å². The van der Waals surface area contributed by atoms with Gasteiger partial charge in [0.25, 0.3) is 0 Å². The van der Waals surface area contributed by atoms with Crippen molar-refractivity contribution in [1.82, 2.24) is 14.5 Å². The summed E-state index contributed by atoms with van der Waals surface area (Å²) in [7, 11) is 0. The maximum Gasteiger partial charge on any atom is 0.354 e. The number of halogens is 2. The van der Waals surface area contributed by atoms with Gasteiger partial charge in [-0.1, -0.05) is 11.6 Å². The fourth-order valence-corrected chi connectivity index (χ4v) is 3.42. The summed E-state index contributed by atoms with van der Waals surface area (Å²) >= 11 is 6.35. The molecular formula is C18H14ClFN4O. The van der Waals surface area contributed by atoms with Crippen LogP contribution in [0.15, 0.2) is 41.3 Å². The maximum absolute atomic E-state index is 14.2. The number of aromatic nitrogens is 3. The normalized spacial score (nSPS) is 13.0. The van der Waals surface area contributed by atoms with Crippen molar-refractivity contribution in [3.63, 3.8) is 0 Å². The number of pyridine rings is 1. The van der Waals surface area contributed by atoms with E-state index in [1.165, 1.54) is 29.0 Å². The molecule has 0 fully saturated rings. The molecule has 0 unspecified atom stereocenters. The van der Waals surface area contributed by atoms with E-state index < -0.39 is 11.5 Å². The van der Waals surface area contributed by atoms with Gasteiger partial charge in [-0.15, -0.1) is 0 Å². The van der Waals surface area contributed by atoms with Crippen LogP contribution in [0.1, 0.15) is 17.7 Å². The number of nitrogen functional groups attached to an aromatic ring is 1. The van der Waals surface area contributed by atoms with Gasteiger partial charge in [-0.25, -0.2) is 9.18 Å². The van der Waals surface area contributed by atoms with Crippen LogP contribution in [0, 0.1) is 5.82 Å². The van der Waals surface area contributed by atoms with Crippen LogP contribution in [0.3, 0.4) is 0 Å². The minimum Gasteiger partial charge on any atom is -0.383 e. The fraction of sp³-hybridized carbons (Fsp3) is 0.167. The first kappa shape index (κ1) is 15.8. The lowest BCUT2D eigenvalue weighted by Crippen LogP contribution is -2.21. The summed E-state index contributed by atoms with van der Waals surface area (Å²) in [6.45, 7) is 0. The molecule has 2 aromatic heterocycles. The molecule has 0 amide bonds. The Morgan fingerprint density at radius 1 is 1.16 bits per heavy atom. The summed E-state index contributed by atoms with van der Waals surface area (Å²) in [5.41, 5.74) is 8.45. The Morgan fingerprint density at radius 2 is 2.00 bits per heavy atom. The van der Waals surface area contributed by atoms with Crippen LogP contribution in [0.2, 0.25) is 5.02 Å². The van der Waals surface area contributed by atoms with Gasteiger partial charge in [0.2, 0.25) is 0 Å². The zero-order valence-electron chi connectivity index (χ0n) is 13.2. The van der Waals surface area contributed by atoms with Crippen LogP contribution in [-0.2, 0) is 12.8 Å². The summed E-state index contributed by atoms with van der Waals surface area (Å²) in [4.78, 5) is 20.3. The number of hydrogen-bond donors (Lipinski definition) is 1. The minimum atomic E-state index is -0.573. The molecule has 3 aromatic rings. The monoisotopic (exact) mass is 356 g/mol. The highest BCUT2D eigenvalue weighted by Gasteiger charge is 2.18. The number of hydrogen-bond acceptors (Lipinski definition) is 4. The second-order valence-electron chi connectivity index (χ2n) is 5.97. The molecule has 0 bridgehead atoms. The molecule has 2 N–H and O–H groups in total. The van der Waals surface area contributed by atoms with E-state index in [-0.39, 0.29) is 5.82 Å². The highest BCUT2D eigenvalue weighted by molar-refractivity contribution is 6.31. The lowest BCUT2D eigenvalue weighted by atomic mass is 10.1. The van der Waals surface area contributed by atoms with E-state index >= 15 is 0 Å². The van der Waals surface area contributed by atoms with Gasteiger partial charge in [0, 0.05) is 22.5 Å². The number of anilines is 1. The van der Waals surface area contributed by atoms with Crippen LogP contribution in [0.25, 0.3) is 16.9 Å². The van der Waals surface area contributed by atoms with Gasteiger partial charge in [0.05, 0.1) is 11.4 Å². The largest absolute Gasteiger partial charge is 0.383 e. The van der Waals surface area contributed by atoms with Gasteiger partial charge >= 0.3 is 5.69 Å². The van der Waals surface area contributed by atoms with Crippen molar-refractivity contribution in [2.45, 2.75) is 19.3 Å². The molecule has 0 radical (unpaired) electrons. The summed E-state index contributed by atoms with van der Waals surface area (Å²) in [6.07, 6.45) is 4.27. The molecule has 0 atom stereocenters. The number of nitrogens with zero attached hydrogens (tertiary/aromatic N) is 3. The molecule has 126 valence electrons. The first-order valence-electron chi connectivity index (χ1n) is 7.86. The number of benzene rings is 1. The Kier molecular flexibility index (Phi) is 3.77. The third kappa shape index (κ3) is 2.89. The van der Waals surface area contributed by atoms with Gasteiger partial charge < -0.3 is 5.73 Å². The summed E-state index contributed by atoms with van der Waals surface area (Å²) < 4.78 is 15.4. The third-order valence-electron chi connectivity index (χ3n) is 4.28. The van der Waals surface area contributed by atoms with E-state index in [2.05, 4.69) is 9.97 Å². The molecule has 1 aliphatic rings. The lowest BCUT2D eigenvalue weighted by Gasteiger charge is -2.10. The Balaban J connectivity index is 1.86. The number of rotatable bonds is 2. The number of nitrogens with two attached hydrogens (primary N) is 1. The van der Waals surface area contributed by atoms with Crippen LogP contribution in [0.4, 0.5) is 10.2 Å².